The minimum absolute atomic E-state index is 0.171. The highest BCUT2D eigenvalue weighted by Crippen LogP contribution is 2.26. The molecule has 1 aromatic rings. The Labute approximate surface area is 122 Å². The Bertz CT molecular complexity index is 411. The van der Waals surface area contributed by atoms with Gasteiger partial charge in [0.15, 0.2) is 6.29 Å². The Morgan fingerprint density at radius 1 is 1.35 bits per heavy atom. The van der Waals surface area contributed by atoms with Crippen LogP contribution < -0.4 is 0 Å². The highest BCUT2D eigenvalue weighted by Gasteiger charge is 2.27. The van der Waals surface area contributed by atoms with Gasteiger partial charge >= 0.3 is 5.97 Å². The van der Waals surface area contributed by atoms with Crippen LogP contribution in [-0.4, -0.2) is 50.4 Å². The summed E-state index contributed by atoms with van der Waals surface area (Å²) in [6, 6.07) is 8.91. The lowest BCUT2D eigenvalue weighted by molar-refractivity contribution is -0.139. The minimum atomic E-state index is -0.335. The molecule has 0 spiro atoms. The third kappa shape index (κ3) is 4.79. The second kappa shape index (κ2) is 8.26. The average Bonchev–Trinajstić information content (AvgIpc) is 2.94. The van der Waals surface area contributed by atoms with Crippen molar-refractivity contribution < 1.29 is 23.7 Å². The quantitative estimate of drug-likeness (QED) is 0.566. The monoisotopic (exact) mass is 298 g/mol. The minimum Gasteiger partial charge on any atom is -0.458 e. The van der Waals surface area contributed by atoms with Crippen LogP contribution in [0, 0.1) is 0 Å². The third-order valence-electron chi connectivity index (χ3n) is 2.67. The molecule has 6 heteroatoms. The number of carbonyl (C=O) groups excluding carboxylic acids is 1. The van der Waals surface area contributed by atoms with E-state index in [4.69, 9.17) is 18.9 Å². The van der Waals surface area contributed by atoms with Crippen LogP contribution in [0.2, 0.25) is 0 Å². The van der Waals surface area contributed by atoms with Crippen molar-refractivity contribution in [2.24, 2.45) is 0 Å². The van der Waals surface area contributed by atoms with Crippen LogP contribution in [0.5, 0.6) is 0 Å². The predicted molar refractivity (Wildman–Crippen MR) is 75.7 cm³/mol. The van der Waals surface area contributed by atoms with Gasteiger partial charge in [0.1, 0.15) is 12.0 Å². The first kappa shape index (κ1) is 15.3. The van der Waals surface area contributed by atoms with Crippen molar-refractivity contribution in [1.29, 1.82) is 0 Å². The number of hydrogen-bond acceptors (Lipinski definition) is 6. The summed E-state index contributed by atoms with van der Waals surface area (Å²) >= 11 is 1.58. The SMILES string of the molecule is COCCO[C@H]1CS[C@H](COC(=O)c2ccccc2)O1. The Hall–Kier alpha value is -1.08. The van der Waals surface area contributed by atoms with Gasteiger partial charge in [-0.05, 0) is 12.1 Å². The van der Waals surface area contributed by atoms with E-state index in [0.29, 0.717) is 18.8 Å². The molecule has 20 heavy (non-hydrogen) atoms. The number of thioether (sulfide) groups is 1. The summed E-state index contributed by atoms with van der Waals surface area (Å²) in [7, 11) is 1.62. The Balaban J connectivity index is 1.67. The third-order valence-corrected chi connectivity index (χ3v) is 3.76. The van der Waals surface area contributed by atoms with Gasteiger partial charge in [-0.2, -0.15) is 0 Å². The van der Waals surface area contributed by atoms with E-state index in [1.807, 2.05) is 6.07 Å². The molecule has 0 aliphatic carbocycles. The van der Waals surface area contributed by atoms with Gasteiger partial charge in [0.05, 0.1) is 18.8 Å². The zero-order valence-corrected chi connectivity index (χ0v) is 12.1. The number of hydrogen-bond donors (Lipinski definition) is 0. The smallest absolute Gasteiger partial charge is 0.338 e. The van der Waals surface area contributed by atoms with E-state index in [-0.39, 0.29) is 24.3 Å². The Kier molecular flexibility index (Phi) is 6.32. The normalized spacial score (nSPS) is 21.9. The molecule has 0 N–H and O–H groups in total. The molecule has 0 bridgehead atoms. The molecule has 1 aliphatic heterocycles. The van der Waals surface area contributed by atoms with Crippen LogP contribution >= 0.6 is 11.8 Å². The molecule has 1 saturated heterocycles. The molecule has 0 saturated carbocycles. The maximum absolute atomic E-state index is 11.8. The first-order valence-corrected chi connectivity index (χ1v) is 7.44. The summed E-state index contributed by atoms with van der Waals surface area (Å²) < 4.78 is 21.2. The zero-order valence-electron chi connectivity index (χ0n) is 11.3. The van der Waals surface area contributed by atoms with Gasteiger partial charge in [-0.25, -0.2) is 4.79 Å². The first-order chi connectivity index (χ1) is 9.79. The molecular weight excluding hydrogens is 280 g/mol. The second-order valence-electron chi connectivity index (χ2n) is 4.16. The molecule has 0 radical (unpaired) electrons. The molecule has 1 aromatic carbocycles. The lowest BCUT2D eigenvalue weighted by Crippen LogP contribution is -2.21. The van der Waals surface area contributed by atoms with Crippen molar-refractivity contribution in [3.63, 3.8) is 0 Å². The number of methoxy groups -OCH3 is 1. The summed E-state index contributed by atoms with van der Waals surface area (Å²) in [6.07, 6.45) is -0.254. The average molecular weight is 298 g/mol. The van der Waals surface area contributed by atoms with Crippen LogP contribution in [0.25, 0.3) is 0 Å². The molecule has 0 unspecified atom stereocenters. The van der Waals surface area contributed by atoms with Gasteiger partial charge in [-0.1, -0.05) is 18.2 Å². The van der Waals surface area contributed by atoms with Crippen molar-refractivity contribution >= 4 is 17.7 Å². The highest BCUT2D eigenvalue weighted by atomic mass is 32.2. The standard InChI is InChI=1S/C14H18O5S/c1-16-7-8-17-12-10-20-13(19-12)9-18-14(15)11-5-3-2-4-6-11/h2-6,12-13H,7-10H2,1H3/t12-,13-/m1/s1. The van der Waals surface area contributed by atoms with E-state index in [1.54, 1.807) is 43.1 Å². The van der Waals surface area contributed by atoms with Crippen molar-refractivity contribution in [2.75, 3.05) is 32.7 Å². The maximum atomic E-state index is 11.8. The summed E-state index contributed by atoms with van der Waals surface area (Å²) in [4.78, 5) is 11.8. The van der Waals surface area contributed by atoms with Gasteiger partial charge in [0.25, 0.3) is 0 Å². The summed E-state index contributed by atoms with van der Waals surface area (Å²) in [5, 5.41) is 0. The van der Waals surface area contributed by atoms with E-state index < -0.39 is 0 Å². The van der Waals surface area contributed by atoms with Crippen molar-refractivity contribution in [3.8, 4) is 0 Å². The maximum Gasteiger partial charge on any atom is 0.338 e. The van der Waals surface area contributed by atoms with E-state index in [9.17, 15) is 4.79 Å². The molecule has 2 rings (SSSR count). The lowest BCUT2D eigenvalue weighted by Gasteiger charge is -2.13. The summed E-state index contributed by atoms with van der Waals surface area (Å²) in [5.41, 5.74) is 0.374. The number of esters is 1. The fourth-order valence-electron chi connectivity index (χ4n) is 1.67. The molecule has 1 aliphatic rings. The molecule has 1 heterocycles. The fourth-order valence-corrected chi connectivity index (χ4v) is 2.59. The van der Waals surface area contributed by atoms with Crippen LogP contribution in [0.15, 0.2) is 30.3 Å². The van der Waals surface area contributed by atoms with Crippen LogP contribution in [-0.2, 0) is 18.9 Å². The Morgan fingerprint density at radius 2 is 2.15 bits per heavy atom. The molecule has 110 valence electrons. The van der Waals surface area contributed by atoms with Crippen molar-refractivity contribution in [3.05, 3.63) is 35.9 Å². The Morgan fingerprint density at radius 3 is 2.90 bits per heavy atom. The van der Waals surface area contributed by atoms with Gasteiger partial charge in [-0.3, -0.25) is 0 Å². The second-order valence-corrected chi connectivity index (χ2v) is 5.35. The van der Waals surface area contributed by atoms with Crippen molar-refractivity contribution in [2.45, 2.75) is 11.7 Å². The van der Waals surface area contributed by atoms with E-state index >= 15 is 0 Å². The first-order valence-electron chi connectivity index (χ1n) is 6.39. The van der Waals surface area contributed by atoms with E-state index in [2.05, 4.69) is 0 Å². The number of benzene rings is 1. The van der Waals surface area contributed by atoms with Crippen LogP contribution in [0.4, 0.5) is 0 Å². The molecule has 5 nitrogen and oxygen atoms in total. The van der Waals surface area contributed by atoms with Crippen LogP contribution in [0.1, 0.15) is 10.4 Å². The molecule has 2 atom stereocenters. The number of ether oxygens (including phenoxy) is 4. The van der Waals surface area contributed by atoms with E-state index in [0.717, 1.165) is 5.75 Å². The topological polar surface area (TPSA) is 54.0 Å². The fraction of sp³-hybridized carbons (Fsp3) is 0.500. The van der Waals surface area contributed by atoms with Gasteiger partial charge in [0, 0.05) is 12.9 Å². The van der Waals surface area contributed by atoms with Crippen LogP contribution in [0.3, 0.4) is 0 Å². The number of rotatable bonds is 7. The van der Waals surface area contributed by atoms with E-state index in [1.165, 1.54) is 0 Å². The van der Waals surface area contributed by atoms with Gasteiger partial charge < -0.3 is 18.9 Å². The van der Waals surface area contributed by atoms with Crippen molar-refractivity contribution in [1.82, 2.24) is 0 Å². The largest absolute Gasteiger partial charge is 0.458 e. The van der Waals surface area contributed by atoms with Gasteiger partial charge in [-0.15, -0.1) is 11.8 Å². The van der Waals surface area contributed by atoms with Gasteiger partial charge in [0.2, 0.25) is 0 Å². The highest BCUT2D eigenvalue weighted by molar-refractivity contribution is 8.00. The summed E-state index contributed by atoms with van der Waals surface area (Å²) in [6.45, 7) is 1.26. The molecular formula is C14H18O5S. The summed E-state index contributed by atoms with van der Waals surface area (Å²) in [5.74, 6) is 0.399. The zero-order chi connectivity index (χ0) is 14.2. The predicted octanol–water partition coefficient (Wildman–Crippen LogP) is 1.92. The lowest BCUT2D eigenvalue weighted by atomic mass is 10.2. The molecule has 1 fully saturated rings. The number of carbonyl (C=O) groups is 1. The molecule has 0 amide bonds. The molecule has 0 aromatic heterocycles.